The number of benzene rings is 2. The minimum atomic E-state index is -4.42. The van der Waals surface area contributed by atoms with Crippen molar-refractivity contribution in [2.24, 2.45) is 0 Å². The molecule has 0 radical (unpaired) electrons. The largest absolute Gasteiger partial charge is 0.497 e. The van der Waals surface area contributed by atoms with Crippen molar-refractivity contribution in [3.63, 3.8) is 0 Å². The van der Waals surface area contributed by atoms with Crippen LogP contribution in [0.25, 0.3) is 16.2 Å². The summed E-state index contributed by atoms with van der Waals surface area (Å²) in [7, 11) is 1.60. The SMILES string of the molecule is COc1ccc(-c2cn3c(C)c(C(=O)Nc4ccc(C(F)(F)F)cc4)sc3n2)cc1. The lowest BCUT2D eigenvalue weighted by Crippen LogP contribution is -2.12. The van der Waals surface area contributed by atoms with Crippen LogP contribution in [0.3, 0.4) is 0 Å². The van der Waals surface area contributed by atoms with Crippen LogP contribution in [-0.2, 0) is 6.18 Å². The third kappa shape index (κ3) is 3.76. The quantitative estimate of drug-likeness (QED) is 0.454. The summed E-state index contributed by atoms with van der Waals surface area (Å²) in [6.45, 7) is 1.80. The molecule has 2 heterocycles. The topological polar surface area (TPSA) is 55.6 Å². The number of amides is 1. The summed E-state index contributed by atoms with van der Waals surface area (Å²) >= 11 is 1.22. The molecule has 0 spiro atoms. The van der Waals surface area contributed by atoms with Crippen molar-refractivity contribution in [1.82, 2.24) is 9.38 Å². The van der Waals surface area contributed by atoms with E-state index in [2.05, 4.69) is 10.3 Å². The molecule has 1 N–H and O–H groups in total. The number of carbonyl (C=O) groups excluding carboxylic acids is 1. The summed E-state index contributed by atoms with van der Waals surface area (Å²) in [5, 5.41) is 2.64. The first-order valence-corrected chi connectivity index (χ1v) is 9.69. The summed E-state index contributed by atoms with van der Waals surface area (Å²) in [5.74, 6) is 0.354. The van der Waals surface area contributed by atoms with Gasteiger partial charge in [-0.2, -0.15) is 13.2 Å². The predicted molar refractivity (Wildman–Crippen MR) is 109 cm³/mol. The van der Waals surface area contributed by atoms with Gasteiger partial charge in [-0.15, -0.1) is 0 Å². The van der Waals surface area contributed by atoms with Crippen molar-refractivity contribution in [2.75, 3.05) is 12.4 Å². The first kappa shape index (κ1) is 20.0. The van der Waals surface area contributed by atoms with Gasteiger partial charge in [-0.05, 0) is 55.5 Å². The molecule has 0 unspecified atom stereocenters. The van der Waals surface area contributed by atoms with Crippen LogP contribution in [0.15, 0.2) is 54.7 Å². The molecule has 2 aromatic heterocycles. The lowest BCUT2D eigenvalue weighted by molar-refractivity contribution is -0.137. The van der Waals surface area contributed by atoms with E-state index in [1.807, 2.05) is 34.9 Å². The number of thiazole rings is 1. The van der Waals surface area contributed by atoms with Gasteiger partial charge < -0.3 is 10.1 Å². The Hall–Kier alpha value is -3.33. The lowest BCUT2D eigenvalue weighted by atomic mass is 10.2. The van der Waals surface area contributed by atoms with Crippen LogP contribution in [0.4, 0.5) is 18.9 Å². The van der Waals surface area contributed by atoms with Crippen LogP contribution in [0, 0.1) is 6.92 Å². The predicted octanol–water partition coefficient (Wildman–Crippen LogP) is 5.65. The number of anilines is 1. The molecule has 4 aromatic rings. The standard InChI is InChI=1S/C21H16F3N3O2S/c1-12-18(19(28)25-15-7-5-14(6-8-15)21(22,23)24)30-20-26-17(11-27(12)20)13-3-9-16(29-2)10-4-13/h3-11H,1-2H3,(H,25,28). The minimum absolute atomic E-state index is 0.289. The molecule has 30 heavy (non-hydrogen) atoms. The van der Waals surface area contributed by atoms with Crippen LogP contribution >= 0.6 is 11.3 Å². The van der Waals surface area contributed by atoms with Gasteiger partial charge in [-0.25, -0.2) is 4.98 Å². The monoisotopic (exact) mass is 431 g/mol. The molecule has 0 saturated heterocycles. The van der Waals surface area contributed by atoms with Gasteiger partial charge >= 0.3 is 6.18 Å². The van der Waals surface area contributed by atoms with Gasteiger partial charge in [0.1, 0.15) is 10.6 Å². The molecule has 0 bridgehead atoms. The van der Waals surface area contributed by atoms with Crippen molar-refractivity contribution >= 4 is 27.9 Å². The highest BCUT2D eigenvalue weighted by molar-refractivity contribution is 7.19. The van der Waals surface area contributed by atoms with Crippen LogP contribution in [0.5, 0.6) is 5.75 Å². The highest BCUT2D eigenvalue weighted by atomic mass is 32.1. The molecule has 0 saturated carbocycles. The maximum atomic E-state index is 12.7. The number of nitrogens with zero attached hydrogens (tertiary/aromatic N) is 2. The third-order valence-corrected chi connectivity index (χ3v) is 5.77. The summed E-state index contributed by atoms with van der Waals surface area (Å²) in [6.07, 6.45) is -2.57. The van der Waals surface area contributed by atoms with E-state index in [0.29, 0.717) is 15.5 Å². The van der Waals surface area contributed by atoms with E-state index in [0.717, 1.165) is 29.1 Å². The second kappa shape index (κ2) is 7.49. The Morgan fingerprint density at radius 1 is 1.10 bits per heavy atom. The van der Waals surface area contributed by atoms with E-state index in [1.165, 1.54) is 23.5 Å². The number of aromatic nitrogens is 2. The zero-order valence-corrected chi connectivity index (χ0v) is 16.8. The number of fused-ring (bicyclic) bond motifs is 1. The average molecular weight is 431 g/mol. The van der Waals surface area contributed by atoms with Crippen LogP contribution in [-0.4, -0.2) is 22.4 Å². The summed E-state index contributed by atoms with van der Waals surface area (Å²) in [5.41, 5.74) is 1.91. The van der Waals surface area contributed by atoms with E-state index >= 15 is 0 Å². The highest BCUT2D eigenvalue weighted by Crippen LogP contribution is 2.31. The molecule has 0 aliphatic heterocycles. The van der Waals surface area contributed by atoms with Gasteiger partial charge in [0.15, 0.2) is 4.96 Å². The summed E-state index contributed by atoms with van der Waals surface area (Å²) in [4.78, 5) is 18.3. The van der Waals surface area contributed by atoms with Crippen LogP contribution in [0.1, 0.15) is 20.9 Å². The molecule has 2 aromatic carbocycles. The molecule has 0 aliphatic rings. The number of alkyl halides is 3. The number of imidazole rings is 1. The molecular weight excluding hydrogens is 415 g/mol. The molecule has 0 fully saturated rings. The highest BCUT2D eigenvalue weighted by Gasteiger charge is 2.30. The number of ether oxygens (including phenoxy) is 1. The molecule has 0 aliphatic carbocycles. The third-order valence-electron chi connectivity index (χ3n) is 4.62. The van der Waals surface area contributed by atoms with E-state index in [4.69, 9.17) is 4.74 Å². The van der Waals surface area contributed by atoms with Crippen molar-refractivity contribution < 1.29 is 22.7 Å². The van der Waals surface area contributed by atoms with Crippen LogP contribution < -0.4 is 10.1 Å². The molecular formula is C21H16F3N3O2S. The summed E-state index contributed by atoms with van der Waals surface area (Å²) < 4.78 is 45.0. The molecule has 5 nitrogen and oxygen atoms in total. The minimum Gasteiger partial charge on any atom is -0.497 e. The fourth-order valence-electron chi connectivity index (χ4n) is 2.99. The normalized spacial score (nSPS) is 11.6. The van der Waals surface area contributed by atoms with Gasteiger partial charge in [-0.3, -0.25) is 9.20 Å². The van der Waals surface area contributed by atoms with Crippen molar-refractivity contribution in [2.45, 2.75) is 13.1 Å². The Morgan fingerprint density at radius 2 is 1.77 bits per heavy atom. The molecule has 0 atom stereocenters. The maximum absolute atomic E-state index is 12.7. The Morgan fingerprint density at radius 3 is 2.33 bits per heavy atom. The molecule has 1 amide bonds. The lowest BCUT2D eigenvalue weighted by Gasteiger charge is -2.08. The number of methoxy groups -OCH3 is 1. The Kier molecular flexibility index (Phi) is 4.98. The Bertz CT molecular complexity index is 1210. The van der Waals surface area contributed by atoms with E-state index in [1.54, 1.807) is 14.0 Å². The maximum Gasteiger partial charge on any atom is 0.416 e. The van der Waals surface area contributed by atoms with Gasteiger partial charge in [0.2, 0.25) is 0 Å². The first-order chi connectivity index (χ1) is 14.3. The number of carbonyl (C=O) groups is 1. The van der Waals surface area contributed by atoms with Crippen molar-refractivity contribution in [1.29, 1.82) is 0 Å². The average Bonchev–Trinajstić information content (AvgIpc) is 3.27. The van der Waals surface area contributed by atoms with Gasteiger partial charge in [0.25, 0.3) is 5.91 Å². The van der Waals surface area contributed by atoms with E-state index in [-0.39, 0.29) is 5.69 Å². The number of hydrogen-bond donors (Lipinski definition) is 1. The zero-order chi connectivity index (χ0) is 21.5. The Balaban J connectivity index is 1.56. The molecule has 154 valence electrons. The first-order valence-electron chi connectivity index (χ1n) is 8.88. The fraction of sp³-hybridized carbons (Fsp3) is 0.143. The fourth-order valence-corrected chi connectivity index (χ4v) is 4.00. The number of nitrogens with one attached hydrogen (secondary N) is 1. The number of rotatable bonds is 4. The smallest absolute Gasteiger partial charge is 0.416 e. The van der Waals surface area contributed by atoms with Gasteiger partial charge in [0.05, 0.1) is 18.4 Å². The van der Waals surface area contributed by atoms with Crippen molar-refractivity contribution in [3.8, 4) is 17.0 Å². The van der Waals surface area contributed by atoms with Gasteiger partial charge in [0, 0.05) is 23.1 Å². The zero-order valence-electron chi connectivity index (χ0n) is 15.9. The molecule has 9 heteroatoms. The second-order valence-corrected chi connectivity index (χ2v) is 7.53. The van der Waals surface area contributed by atoms with Crippen LogP contribution in [0.2, 0.25) is 0 Å². The number of hydrogen-bond acceptors (Lipinski definition) is 4. The second-order valence-electron chi connectivity index (χ2n) is 6.55. The Labute approximate surface area is 173 Å². The number of halogens is 3. The number of aryl methyl sites for hydroxylation is 1. The molecule has 4 rings (SSSR count). The van der Waals surface area contributed by atoms with E-state index in [9.17, 15) is 18.0 Å². The van der Waals surface area contributed by atoms with Crippen molar-refractivity contribution in [3.05, 3.63) is 70.9 Å². The summed E-state index contributed by atoms with van der Waals surface area (Å²) in [6, 6.07) is 11.8. The van der Waals surface area contributed by atoms with Gasteiger partial charge in [-0.1, -0.05) is 11.3 Å². The van der Waals surface area contributed by atoms with E-state index < -0.39 is 17.6 Å².